The van der Waals surface area contributed by atoms with Crippen LogP contribution in [0.4, 0.5) is 0 Å². The van der Waals surface area contributed by atoms with Crippen LogP contribution in [-0.4, -0.2) is 11.1 Å². The number of carboxylic acids is 1. The third-order valence-corrected chi connectivity index (χ3v) is 1.49. The lowest BCUT2D eigenvalue weighted by atomic mass is 10.2. The summed E-state index contributed by atoms with van der Waals surface area (Å²) in [5.74, 6) is -1.36. The van der Waals surface area contributed by atoms with Crippen LogP contribution in [0.2, 0.25) is 0 Å². The lowest BCUT2D eigenvalue weighted by molar-refractivity contribution is -0.136. The molecule has 0 aliphatic carbocycles. The Balaban J connectivity index is 2.44. The second-order valence-corrected chi connectivity index (χ2v) is 2.50. The first kappa shape index (κ1) is 9.32. The van der Waals surface area contributed by atoms with Crippen molar-refractivity contribution in [3.05, 3.63) is 48.2 Å². The van der Waals surface area contributed by atoms with Gasteiger partial charge in [-0.2, -0.15) is 0 Å². The molecular weight excluding hydrogens is 168 g/mol. The molecule has 0 bridgehead atoms. The lowest BCUT2D eigenvalue weighted by Crippen LogP contribution is -2.03. The largest absolute Gasteiger partial charge is 0.482 e. The van der Waals surface area contributed by atoms with Crippen molar-refractivity contribution in [2.75, 3.05) is 0 Å². The van der Waals surface area contributed by atoms with E-state index in [0.29, 0.717) is 0 Å². The van der Waals surface area contributed by atoms with Crippen LogP contribution in [0.25, 0.3) is 0 Å². The van der Waals surface area contributed by atoms with E-state index < -0.39 is 5.97 Å². The highest BCUT2D eigenvalue weighted by molar-refractivity contribution is 5.83. The van der Waals surface area contributed by atoms with Gasteiger partial charge in [0.05, 0.1) is 0 Å². The fourth-order valence-corrected chi connectivity index (χ4v) is 0.806. The molecule has 0 amide bonds. The SMILES string of the molecule is C=C(OCc1ccccc1)C(=O)O. The normalized spacial score (nSPS) is 9.23. The molecule has 0 atom stereocenters. The molecule has 13 heavy (non-hydrogen) atoms. The first-order chi connectivity index (χ1) is 6.20. The summed E-state index contributed by atoms with van der Waals surface area (Å²) >= 11 is 0. The monoisotopic (exact) mass is 178 g/mol. The van der Waals surface area contributed by atoms with Gasteiger partial charge < -0.3 is 9.84 Å². The van der Waals surface area contributed by atoms with Crippen LogP contribution >= 0.6 is 0 Å². The van der Waals surface area contributed by atoms with Gasteiger partial charge in [0.25, 0.3) is 0 Å². The van der Waals surface area contributed by atoms with E-state index in [-0.39, 0.29) is 12.4 Å². The first-order valence-electron chi connectivity index (χ1n) is 3.79. The third-order valence-electron chi connectivity index (χ3n) is 1.49. The molecule has 0 radical (unpaired) electrons. The Morgan fingerprint density at radius 3 is 2.54 bits per heavy atom. The summed E-state index contributed by atoms with van der Waals surface area (Å²) in [6, 6.07) is 9.32. The minimum Gasteiger partial charge on any atom is -0.482 e. The van der Waals surface area contributed by atoms with Gasteiger partial charge in [-0.25, -0.2) is 4.79 Å². The zero-order chi connectivity index (χ0) is 9.68. The Hall–Kier alpha value is -1.77. The zero-order valence-corrected chi connectivity index (χ0v) is 7.06. The molecule has 1 rings (SSSR count). The minimum atomic E-state index is -1.13. The van der Waals surface area contributed by atoms with Crippen LogP contribution in [0, 0.1) is 0 Å². The van der Waals surface area contributed by atoms with Gasteiger partial charge in [0, 0.05) is 0 Å². The Kier molecular flexibility index (Phi) is 3.09. The molecule has 0 spiro atoms. The van der Waals surface area contributed by atoms with E-state index in [1.807, 2.05) is 30.3 Å². The summed E-state index contributed by atoms with van der Waals surface area (Å²) in [5.41, 5.74) is 0.921. The van der Waals surface area contributed by atoms with E-state index in [4.69, 9.17) is 9.84 Å². The quantitative estimate of drug-likeness (QED) is 0.565. The number of ether oxygens (including phenoxy) is 1. The highest BCUT2D eigenvalue weighted by Crippen LogP contribution is 2.03. The van der Waals surface area contributed by atoms with Gasteiger partial charge in [0.2, 0.25) is 0 Å². The molecule has 1 aromatic rings. The molecule has 0 aliphatic heterocycles. The van der Waals surface area contributed by atoms with Crippen molar-refractivity contribution < 1.29 is 14.6 Å². The average molecular weight is 178 g/mol. The molecular formula is C10H10O3. The van der Waals surface area contributed by atoms with Gasteiger partial charge in [-0.05, 0) is 12.1 Å². The molecule has 0 saturated heterocycles. The fourth-order valence-electron chi connectivity index (χ4n) is 0.806. The molecule has 3 nitrogen and oxygen atoms in total. The Bertz CT molecular complexity index is 303. The highest BCUT2D eigenvalue weighted by atomic mass is 16.5. The van der Waals surface area contributed by atoms with Crippen LogP contribution in [0.15, 0.2) is 42.7 Å². The molecule has 68 valence electrons. The molecule has 0 unspecified atom stereocenters. The number of carboxylic acid groups (broad SMARTS) is 1. The topological polar surface area (TPSA) is 46.5 Å². The van der Waals surface area contributed by atoms with Crippen molar-refractivity contribution in [2.24, 2.45) is 0 Å². The number of carbonyl (C=O) groups is 1. The first-order valence-corrected chi connectivity index (χ1v) is 3.79. The molecule has 0 aromatic heterocycles. The van der Waals surface area contributed by atoms with E-state index in [9.17, 15) is 4.79 Å². The lowest BCUT2D eigenvalue weighted by Gasteiger charge is -2.04. The average Bonchev–Trinajstić information content (AvgIpc) is 2.15. The standard InChI is InChI=1S/C10H10O3/c1-8(10(11)12)13-7-9-5-3-2-4-6-9/h2-6H,1,7H2,(H,11,12). The number of hydrogen-bond acceptors (Lipinski definition) is 2. The van der Waals surface area contributed by atoms with E-state index in [1.165, 1.54) is 0 Å². The van der Waals surface area contributed by atoms with Crippen molar-refractivity contribution in [2.45, 2.75) is 6.61 Å². The molecule has 3 heteroatoms. The second-order valence-electron chi connectivity index (χ2n) is 2.50. The van der Waals surface area contributed by atoms with Crippen molar-refractivity contribution in [3.63, 3.8) is 0 Å². The summed E-state index contributed by atoms with van der Waals surface area (Å²) in [4.78, 5) is 10.3. The molecule has 0 heterocycles. The minimum absolute atomic E-state index is 0.233. The van der Waals surface area contributed by atoms with Gasteiger partial charge in [-0.1, -0.05) is 30.3 Å². The van der Waals surface area contributed by atoms with Crippen molar-refractivity contribution >= 4 is 5.97 Å². The van der Waals surface area contributed by atoms with Gasteiger partial charge >= 0.3 is 5.97 Å². The van der Waals surface area contributed by atoms with Crippen molar-refractivity contribution in [3.8, 4) is 0 Å². The third kappa shape index (κ3) is 2.99. The maximum absolute atomic E-state index is 10.3. The Morgan fingerprint density at radius 1 is 1.38 bits per heavy atom. The molecule has 0 saturated carbocycles. The highest BCUT2D eigenvalue weighted by Gasteiger charge is 2.03. The molecule has 0 fully saturated rings. The van der Waals surface area contributed by atoms with E-state index in [2.05, 4.69) is 6.58 Å². The summed E-state index contributed by atoms with van der Waals surface area (Å²) in [6.07, 6.45) is 0. The number of rotatable bonds is 4. The summed E-state index contributed by atoms with van der Waals surface area (Å²) < 4.78 is 4.90. The molecule has 0 aliphatic rings. The van der Waals surface area contributed by atoms with Gasteiger partial charge in [-0.15, -0.1) is 0 Å². The fraction of sp³-hybridized carbons (Fsp3) is 0.100. The van der Waals surface area contributed by atoms with Crippen LogP contribution in [0.5, 0.6) is 0 Å². The maximum Gasteiger partial charge on any atom is 0.370 e. The van der Waals surface area contributed by atoms with Crippen LogP contribution in [-0.2, 0) is 16.1 Å². The van der Waals surface area contributed by atoms with E-state index in [0.717, 1.165) is 5.56 Å². The summed E-state index contributed by atoms with van der Waals surface area (Å²) in [7, 11) is 0. The molecule has 1 aromatic carbocycles. The van der Waals surface area contributed by atoms with Crippen molar-refractivity contribution in [1.82, 2.24) is 0 Å². The second kappa shape index (κ2) is 4.30. The predicted molar refractivity (Wildman–Crippen MR) is 48.0 cm³/mol. The summed E-state index contributed by atoms with van der Waals surface area (Å²) in [5, 5.41) is 8.44. The number of hydrogen-bond donors (Lipinski definition) is 1. The smallest absolute Gasteiger partial charge is 0.370 e. The van der Waals surface area contributed by atoms with Crippen LogP contribution < -0.4 is 0 Å². The Morgan fingerprint density at radius 2 is 2.00 bits per heavy atom. The number of benzene rings is 1. The summed E-state index contributed by atoms with van der Waals surface area (Å²) in [6.45, 7) is 3.49. The Labute approximate surface area is 76.3 Å². The van der Waals surface area contributed by atoms with Gasteiger partial charge in [-0.3, -0.25) is 0 Å². The van der Waals surface area contributed by atoms with Crippen molar-refractivity contribution in [1.29, 1.82) is 0 Å². The van der Waals surface area contributed by atoms with E-state index in [1.54, 1.807) is 0 Å². The molecule has 1 N–H and O–H groups in total. The number of aliphatic carboxylic acids is 1. The van der Waals surface area contributed by atoms with Crippen LogP contribution in [0.1, 0.15) is 5.56 Å². The van der Waals surface area contributed by atoms with E-state index >= 15 is 0 Å². The van der Waals surface area contributed by atoms with Gasteiger partial charge in [0.1, 0.15) is 6.61 Å². The van der Waals surface area contributed by atoms with Crippen LogP contribution in [0.3, 0.4) is 0 Å². The maximum atomic E-state index is 10.3. The predicted octanol–water partition coefficient (Wildman–Crippen LogP) is 1.80. The van der Waals surface area contributed by atoms with Gasteiger partial charge in [0.15, 0.2) is 5.76 Å². The zero-order valence-electron chi connectivity index (χ0n) is 7.06.